The molecule has 3 rings (SSSR count). The molecule has 0 radical (unpaired) electrons. The number of carbonyl (C=O) groups is 1. The van der Waals surface area contributed by atoms with E-state index in [0.29, 0.717) is 27.2 Å². The number of fused-ring (bicyclic) bond motifs is 1. The number of halogens is 1. The first kappa shape index (κ1) is 17.5. The average molecular weight is 377 g/mol. The smallest absolute Gasteiger partial charge is 0.264 e. The van der Waals surface area contributed by atoms with Gasteiger partial charge in [-0.2, -0.15) is 0 Å². The molecule has 1 heterocycles. The highest BCUT2D eigenvalue weighted by Gasteiger charge is 2.11. The maximum absolute atomic E-state index is 12.1. The Balaban J connectivity index is 1.63. The number of nitrogens with zero attached hydrogens (tertiary/aromatic N) is 1. The van der Waals surface area contributed by atoms with E-state index in [4.69, 9.17) is 21.1 Å². The average Bonchev–Trinajstić information content (AvgIpc) is 3.00. The number of amides is 1. The Bertz CT molecular complexity index is 893. The lowest BCUT2D eigenvalue weighted by Gasteiger charge is -2.06. The second-order valence-corrected chi connectivity index (χ2v) is 6.75. The highest BCUT2D eigenvalue weighted by Crippen LogP contribution is 2.34. The van der Waals surface area contributed by atoms with Gasteiger partial charge in [0.25, 0.3) is 5.91 Å². The second kappa shape index (κ2) is 7.72. The number of rotatable bonds is 6. The van der Waals surface area contributed by atoms with Crippen LogP contribution >= 0.6 is 22.9 Å². The van der Waals surface area contributed by atoms with Crippen molar-refractivity contribution in [1.29, 1.82) is 0 Å². The summed E-state index contributed by atoms with van der Waals surface area (Å²) in [6, 6.07) is 11.2. The SMILES string of the molecule is CCc1ccc(OCC(=O)Nc2nc3cc(Cl)c(OC)cc3s2)cc1. The number of anilines is 1. The van der Waals surface area contributed by atoms with E-state index in [2.05, 4.69) is 17.2 Å². The third-order valence-corrected chi connectivity index (χ3v) is 4.84. The van der Waals surface area contributed by atoms with Gasteiger partial charge in [0.1, 0.15) is 11.5 Å². The van der Waals surface area contributed by atoms with Crippen LogP contribution in [0.2, 0.25) is 5.02 Å². The maximum Gasteiger partial charge on any atom is 0.264 e. The van der Waals surface area contributed by atoms with Crippen LogP contribution in [0.15, 0.2) is 36.4 Å². The minimum Gasteiger partial charge on any atom is -0.495 e. The number of hydrogen-bond acceptors (Lipinski definition) is 5. The second-order valence-electron chi connectivity index (χ2n) is 5.31. The zero-order valence-corrected chi connectivity index (χ0v) is 15.4. The number of aryl methyl sites for hydroxylation is 1. The summed E-state index contributed by atoms with van der Waals surface area (Å²) in [6.45, 7) is 2.01. The van der Waals surface area contributed by atoms with Crippen LogP contribution in [0.1, 0.15) is 12.5 Å². The summed E-state index contributed by atoms with van der Waals surface area (Å²) in [5.74, 6) is 0.972. The van der Waals surface area contributed by atoms with Crippen molar-refractivity contribution in [2.75, 3.05) is 19.0 Å². The minimum atomic E-state index is -0.267. The van der Waals surface area contributed by atoms with Crippen LogP contribution in [0.25, 0.3) is 10.2 Å². The van der Waals surface area contributed by atoms with Crippen LogP contribution in [-0.2, 0) is 11.2 Å². The molecule has 0 aliphatic heterocycles. The first-order chi connectivity index (χ1) is 12.1. The monoisotopic (exact) mass is 376 g/mol. The van der Waals surface area contributed by atoms with Crippen LogP contribution in [0.5, 0.6) is 11.5 Å². The van der Waals surface area contributed by atoms with Crippen molar-refractivity contribution in [3.05, 3.63) is 47.0 Å². The molecule has 1 aromatic heterocycles. The summed E-state index contributed by atoms with van der Waals surface area (Å²) in [6.07, 6.45) is 0.965. The molecule has 5 nitrogen and oxygen atoms in total. The Morgan fingerprint density at radius 3 is 2.72 bits per heavy atom. The van der Waals surface area contributed by atoms with Crippen molar-refractivity contribution < 1.29 is 14.3 Å². The van der Waals surface area contributed by atoms with Crippen LogP contribution in [0, 0.1) is 0 Å². The molecule has 0 fully saturated rings. The zero-order chi connectivity index (χ0) is 17.8. The van der Waals surface area contributed by atoms with Crippen LogP contribution < -0.4 is 14.8 Å². The molecule has 25 heavy (non-hydrogen) atoms. The van der Waals surface area contributed by atoms with Gasteiger partial charge in [0, 0.05) is 6.07 Å². The van der Waals surface area contributed by atoms with Gasteiger partial charge in [-0.25, -0.2) is 4.98 Å². The molecule has 1 N–H and O–H groups in total. The first-order valence-corrected chi connectivity index (χ1v) is 8.94. The molecule has 2 aromatic carbocycles. The van der Waals surface area contributed by atoms with Crippen molar-refractivity contribution in [2.24, 2.45) is 0 Å². The molecular formula is C18H17ClN2O3S. The molecule has 0 spiro atoms. The van der Waals surface area contributed by atoms with Gasteiger partial charge in [0.15, 0.2) is 11.7 Å². The Labute approximate surface area is 154 Å². The van der Waals surface area contributed by atoms with Crippen molar-refractivity contribution in [3.63, 3.8) is 0 Å². The lowest BCUT2D eigenvalue weighted by atomic mass is 10.2. The van der Waals surface area contributed by atoms with E-state index in [1.807, 2.05) is 24.3 Å². The quantitative estimate of drug-likeness (QED) is 0.686. The van der Waals surface area contributed by atoms with Gasteiger partial charge in [-0.05, 0) is 30.2 Å². The summed E-state index contributed by atoms with van der Waals surface area (Å²) >= 11 is 7.44. The number of benzene rings is 2. The molecule has 3 aromatic rings. The van der Waals surface area contributed by atoms with E-state index < -0.39 is 0 Å². The standard InChI is InChI=1S/C18H17ClN2O3S/c1-3-11-4-6-12(7-5-11)24-10-17(22)21-18-20-14-8-13(19)15(23-2)9-16(14)25-18/h4-9H,3,10H2,1-2H3,(H,20,21,22). The zero-order valence-electron chi connectivity index (χ0n) is 13.8. The van der Waals surface area contributed by atoms with Crippen LogP contribution in [-0.4, -0.2) is 24.6 Å². The number of aromatic nitrogens is 1. The summed E-state index contributed by atoms with van der Waals surface area (Å²) in [5.41, 5.74) is 1.93. The fraction of sp³-hybridized carbons (Fsp3) is 0.222. The van der Waals surface area contributed by atoms with E-state index in [1.54, 1.807) is 19.2 Å². The summed E-state index contributed by atoms with van der Waals surface area (Å²) in [5, 5.41) is 3.72. The molecule has 0 bridgehead atoms. The summed E-state index contributed by atoms with van der Waals surface area (Å²) in [4.78, 5) is 16.4. The van der Waals surface area contributed by atoms with Gasteiger partial charge < -0.3 is 9.47 Å². The van der Waals surface area contributed by atoms with E-state index in [9.17, 15) is 4.79 Å². The lowest BCUT2D eigenvalue weighted by Crippen LogP contribution is -2.19. The molecule has 130 valence electrons. The van der Waals surface area contributed by atoms with Gasteiger partial charge in [-0.15, -0.1) is 0 Å². The first-order valence-electron chi connectivity index (χ1n) is 7.74. The Morgan fingerprint density at radius 2 is 2.04 bits per heavy atom. The fourth-order valence-corrected chi connectivity index (χ4v) is 3.39. The third-order valence-electron chi connectivity index (χ3n) is 3.61. The Morgan fingerprint density at radius 1 is 1.28 bits per heavy atom. The van der Waals surface area contributed by atoms with Gasteiger partial charge in [0.05, 0.1) is 22.3 Å². The summed E-state index contributed by atoms with van der Waals surface area (Å²) in [7, 11) is 1.56. The number of hydrogen-bond donors (Lipinski definition) is 1. The highest BCUT2D eigenvalue weighted by atomic mass is 35.5. The molecule has 0 aliphatic carbocycles. The Hall–Kier alpha value is -2.31. The van der Waals surface area contributed by atoms with Crippen molar-refractivity contribution in [1.82, 2.24) is 4.98 Å². The fourth-order valence-electron chi connectivity index (χ4n) is 2.27. The minimum absolute atomic E-state index is 0.0779. The topological polar surface area (TPSA) is 60.5 Å². The third kappa shape index (κ3) is 4.21. The van der Waals surface area contributed by atoms with E-state index in [0.717, 1.165) is 11.1 Å². The Kier molecular flexibility index (Phi) is 5.40. The van der Waals surface area contributed by atoms with E-state index in [1.165, 1.54) is 16.9 Å². The van der Waals surface area contributed by atoms with Crippen LogP contribution in [0.3, 0.4) is 0 Å². The number of methoxy groups -OCH3 is 1. The maximum atomic E-state index is 12.1. The molecular weight excluding hydrogens is 360 g/mol. The van der Waals surface area contributed by atoms with E-state index in [-0.39, 0.29) is 12.5 Å². The molecule has 1 amide bonds. The molecule has 0 saturated heterocycles. The van der Waals surface area contributed by atoms with Crippen molar-refractivity contribution >= 4 is 44.2 Å². The number of ether oxygens (including phenoxy) is 2. The number of nitrogens with one attached hydrogen (secondary N) is 1. The highest BCUT2D eigenvalue weighted by molar-refractivity contribution is 7.22. The largest absolute Gasteiger partial charge is 0.495 e. The van der Waals surface area contributed by atoms with Crippen molar-refractivity contribution in [2.45, 2.75) is 13.3 Å². The summed E-state index contributed by atoms with van der Waals surface area (Å²) < 4.78 is 11.6. The van der Waals surface area contributed by atoms with Gasteiger partial charge >= 0.3 is 0 Å². The predicted molar refractivity (Wildman–Crippen MR) is 101 cm³/mol. The number of thiazole rings is 1. The van der Waals surface area contributed by atoms with Crippen LogP contribution in [0.4, 0.5) is 5.13 Å². The van der Waals surface area contributed by atoms with Crippen molar-refractivity contribution in [3.8, 4) is 11.5 Å². The van der Waals surface area contributed by atoms with E-state index >= 15 is 0 Å². The normalized spacial score (nSPS) is 10.7. The number of carbonyl (C=O) groups excluding carboxylic acids is 1. The lowest BCUT2D eigenvalue weighted by molar-refractivity contribution is -0.118. The predicted octanol–water partition coefficient (Wildman–Crippen LogP) is 4.54. The molecule has 0 atom stereocenters. The molecule has 0 unspecified atom stereocenters. The molecule has 7 heteroatoms. The van der Waals surface area contributed by atoms with Gasteiger partial charge in [-0.1, -0.05) is 42.0 Å². The van der Waals surface area contributed by atoms with Gasteiger partial charge in [-0.3, -0.25) is 10.1 Å². The molecule has 0 saturated carbocycles. The van der Waals surface area contributed by atoms with Gasteiger partial charge in [0.2, 0.25) is 0 Å². The molecule has 0 aliphatic rings.